The Labute approximate surface area is 156 Å². The molecule has 7 heteroatoms. The highest BCUT2D eigenvalue weighted by molar-refractivity contribution is 6.04. The third kappa shape index (κ3) is 3.12. The highest BCUT2D eigenvalue weighted by Gasteiger charge is 2.33. The van der Waals surface area contributed by atoms with Crippen molar-refractivity contribution in [3.05, 3.63) is 76.1 Å². The van der Waals surface area contributed by atoms with Gasteiger partial charge in [-0.2, -0.15) is 10.2 Å². The quantitative estimate of drug-likeness (QED) is 0.768. The number of para-hydroxylation sites is 1. The molecule has 1 aliphatic rings. The number of aromatic hydroxyl groups is 1. The molecule has 0 aliphatic carbocycles. The predicted molar refractivity (Wildman–Crippen MR) is 102 cm³/mol. The van der Waals surface area contributed by atoms with Crippen LogP contribution in [0.1, 0.15) is 36.3 Å². The monoisotopic (exact) mass is 364 g/mol. The fraction of sp³-hybridized carbons (Fsp3) is 0.250. The van der Waals surface area contributed by atoms with E-state index in [1.807, 2.05) is 59.3 Å². The van der Waals surface area contributed by atoms with E-state index >= 15 is 0 Å². The van der Waals surface area contributed by atoms with Gasteiger partial charge < -0.3 is 9.52 Å². The Morgan fingerprint density at radius 1 is 1.30 bits per heavy atom. The van der Waals surface area contributed by atoms with Crippen molar-refractivity contribution >= 4 is 11.4 Å². The molecule has 3 heterocycles. The Bertz CT molecular complexity index is 1050. The molecule has 3 aromatic rings. The normalized spacial score (nSPS) is 16.6. The van der Waals surface area contributed by atoms with Crippen molar-refractivity contribution in [2.24, 2.45) is 5.10 Å². The van der Waals surface area contributed by atoms with Gasteiger partial charge in [0.15, 0.2) is 0 Å². The Kier molecular flexibility index (Phi) is 4.27. The number of hydrogen-bond acceptors (Lipinski definition) is 6. The molecule has 1 aromatic carbocycles. The molecular formula is C20H20N4O3. The lowest BCUT2D eigenvalue weighted by atomic mass is 10.0. The van der Waals surface area contributed by atoms with E-state index in [0.29, 0.717) is 17.9 Å². The van der Waals surface area contributed by atoms with Crippen LogP contribution >= 0.6 is 0 Å². The van der Waals surface area contributed by atoms with E-state index in [1.165, 1.54) is 6.07 Å². The van der Waals surface area contributed by atoms with Crippen molar-refractivity contribution in [3.63, 3.8) is 0 Å². The Balaban J connectivity index is 1.80. The lowest BCUT2D eigenvalue weighted by Gasteiger charge is -2.22. The summed E-state index contributed by atoms with van der Waals surface area (Å²) in [5.41, 5.74) is 1.93. The second-order valence-corrected chi connectivity index (χ2v) is 6.48. The largest absolute Gasteiger partial charge is 0.507 e. The lowest BCUT2D eigenvalue weighted by molar-refractivity contribution is 0.432. The minimum absolute atomic E-state index is 0.111. The number of hydrogen-bond donors (Lipinski definition) is 1. The van der Waals surface area contributed by atoms with E-state index in [0.717, 1.165) is 17.8 Å². The molecular weight excluding hydrogens is 344 g/mol. The van der Waals surface area contributed by atoms with Gasteiger partial charge >= 0.3 is 5.63 Å². The summed E-state index contributed by atoms with van der Waals surface area (Å²) in [5, 5.41) is 21.2. The highest BCUT2D eigenvalue weighted by atomic mass is 16.4. The van der Waals surface area contributed by atoms with Crippen LogP contribution in [0.4, 0.5) is 5.69 Å². The number of aryl methyl sites for hydroxylation is 2. The van der Waals surface area contributed by atoms with Crippen LogP contribution in [0.5, 0.6) is 5.75 Å². The summed E-state index contributed by atoms with van der Waals surface area (Å²) in [5.74, 6) is 0.251. The second kappa shape index (κ2) is 6.75. The molecule has 0 saturated carbocycles. The average Bonchev–Trinajstić information content (AvgIpc) is 3.28. The summed E-state index contributed by atoms with van der Waals surface area (Å²) in [6, 6.07) is 11.1. The highest BCUT2D eigenvalue weighted by Crippen LogP contribution is 2.37. The third-order valence-corrected chi connectivity index (χ3v) is 4.64. The minimum atomic E-state index is -0.579. The first kappa shape index (κ1) is 17.1. The molecule has 138 valence electrons. The molecule has 0 fully saturated rings. The topological polar surface area (TPSA) is 83.9 Å². The van der Waals surface area contributed by atoms with Gasteiger partial charge in [0.1, 0.15) is 17.1 Å². The zero-order valence-corrected chi connectivity index (χ0v) is 15.2. The Morgan fingerprint density at radius 2 is 2.07 bits per heavy atom. The second-order valence-electron chi connectivity index (χ2n) is 6.48. The fourth-order valence-electron chi connectivity index (χ4n) is 3.33. The van der Waals surface area contributed by atoms with Crippen LogP contribution in [0, 0.1) is 6.92 Å². The maximum Gasteiger partial charge on any atom is 0.348 e. The van der Waals surface area contributed by atoms with E-state index in [9.17, 15) is 9.90 Å². The third-order valence-electron chi connectivity index (χ3n) is 4.64. The maximum atomic E-state index is 12.3. The summed E-state index contributed by atoms with van der Waals surface area (Å²) in [6.45, 7) is 4.42. The summed E-state index contributed by atoms with van der Waals surface area (Å²) in [4.78, 5) is 12.3. The van der Waals surface area contributed by atoms with Crippen molar-refractivity contribution < 1.29 is 9.52 Å². The van der Waals surface area contributed by atoms with Crippen molar-refractivity contribution in [2.75, 3.05) is 5.01 Å². The molecule has 1 aliphatic heterocycles. The first-order chi connectivity index (χ1) is 13.1. The summed E-state index contributed by atoms with van der Waals surface area (Å²) < 4.78 is 7.03. The molecule has 0 amide bonds. The minimum Gasteiger partial charge on any atom is -0.507 e. The Morgan fingerprint density at radius 3 is 2.74 bits per heavy atom. The van der Waals surface area contributed by atoms with Crippen LogP contribution in [-0.4, -0.2) is 20.6 Å². The van der Waals surface area contributed by atoms with Gasteiger partial charge in [-0.1, -0.05) is 18.2 Å². The van der Waals surface area contributed by atoms with Crippen molar-refractivity contribution in [1.82, 2.24) is 9.78 Å². The van der Waals surface area contributed by atoms with Gasteiger partial charge in [-0.15, -0.1) is 0 Å². The van der Waals surface area contributed by atoms with E-state index in [4.69, 9.17) is 4.42 Å². The molecule has 1 unspecified atom stereocenters. The molecule has 2 aromatic heterocycles. The predicted octanol–water partition coefficient (Wildman–Crippen LogP) is 3.23. The van der Waals surface area contributed by atoms with Crippen LogP contribution in [0.15, 0.2) is 63.1 Å². The SMILES string of the molecule is CCn1cc(C2CC(c3c(O)cc(C)oc3=O)=NN2c2ccccc2)cn1. The average molecular weight is 364 g/mol. The number of rotatable bonds is 4. The molecule has 0 saturated heterocycles. The molecule has 1 atom stereocenters. The summed E-state index contributed by atoms with van der Waals surface area (Å²) in [6.07, 6.45) is 4.27. The lowest BCUT2D eigenvalue weighted by Crippen LogP contribution is -2.18. The summed E-state index contributed by atoms with van der Waals surface area (Å²) in [7, 11) is 0. The Hall–Kier alpha value is -3.35. The van der Waals surface area contributed by atoms with Gasteiger partial charge in [-0.05, 0) is 26.0 Å². The van der Waals surface area contributed by atoms with Gasteiger partial charge in [0.05, 0.1) is 23.6 Å². The molecule has 0 radical (unpaired) electrons. The van der Waals surface area contributed by atoms with Crippen molar-refractivity contribution in [3.8, 4) is 5.75 Å². The van der Waals surface area contributed by atoms with E-state index < -0.39 is 5.63 Å². The number of anilines is 1. The van der Waals surface area contributed by atoms with Gasteiger partial charge in [0.2, 0.25) is 0 Å². The molecule has 27 heavy (non-hydrogen) atoms. The van der Waals surface area contributed by atoms with E-state index in [-0.39, 0.29) is 17.4 Å². The van der Waals surface area contributed by atoms with Gasteiger partial charge in [0, 0.05) is 30.8 Å². The van der Waals surface area contributed by atoms with Gasteiger partial charge in [-0.3, -0.25) is 9.69 Å². The number of aromatic nitrogens is 2. The van der Waals surface area contributed by atoms with Crippen LogP contribution < -0.4 is 10.6 Å². The molecule has 4 rings (SSSR count). The van der Waals surface area contributed by atoms with Crippen LogP contribution in [0.25, 0.3) is 0 Å². The van der Waals surface area contributed by atoms with Crippen LogP contribution in [0.3, 0.4) is 0 Å². The summed E-state index contributed by atoms with van der Waals surface area (Å²) >= 11 is 0. The zero-order chi connectivity index (χ0) is 19.0. The van der Waals surface area contributed by atoms with Crippen LogP contribution in [0.2, 0.25) is 0 Å². The molecule has 0 bridgehead atoms. The first-order valence-electron chi connectivity index (χ1n) is 8.85. The smallest absolute Gasteiger partial charge is 0.348 e. The fourth-order valence-corrected chi connectivity index (χ4v) is 3.33. The van der Waals surface area contributed by atoms with E-state index in [1.54, 1.807) is 6.92 Å². The first-order valence-corrected chi connectivity index (χ1v) is 8.85. The number of nitrogens with zero attached hydrogens (tertiary/aromatic N) is 4. The number of benzene rings is 1. The number of hydrazone groups is 1. The molecule has 0 spiro atoms. The maximum absolute atomic E-state index is 12.3. The molecule has 1 N–H and O–H groups in total. The standard InChI is InChI=1S/C20H20N4O3/c1-3-23-12-14(11-21-23)17-10-16(19-18(25)9-13(2)27-20(19)26)22-24(17)15-7-5-4-6-8-15/h4-9,11-12,17,25H,3,10H2,1-2H3. The van der Waals surface area contributed by atoms with Crippen LogP contribution in [-0.2, 0) is 6.54 Å². The van der Waals surface area contributed by atoms with Gasteiger partial charge in [0.25, 0.3) is 0 Å². The van der Waals surface area contributed by atoms with Crippen molar-refractivity contribution in [2.45, 2.75) is 32.9 Å². The van der Waals surface area contributed by atoms with Crippen molar-refractivity contribution in [1.29, 1.82) is 0 Å². The van der Waals surface area contributed by atoms with E-state index in [2.05, 4.69) is 10.2 Å². The van der Waals surface area contributed by atoms with Gasteiger partial charge in [-0.25, -0.2) is 4.79 Å². The molecule has 7 nitrogen and oxygen atoms in total. The zero-order valence-electron chi connectivity index (χ0n) is 15.2.